The van der Waals surface area contributed by atoms with Crippen LogP contribution in [0.3, 0.4) is 0 Å². The third-order valence-corrected chi connectivity index (χ3v) is 7.96. The van der Waals surface area contributed by atoms with E-state index in [4.69, 9.17) is 4.74 Å². The van der Waals surface area contributed by atoms with Gasteiger partial charge in [-0.25, -0.2) is 13.1 Å². The lowest BCUT2D eigenvalue weighted by Gasteiger charge is -2.36. The van der Waals surface area contributed by atoms with Gasteiger partial charge in [-0.15, -0.1) is 11.3 Å². The fourth-order valence-electron chi connectivity index (χ4n) is 3.12. The van der Waals surface area contributed by atoms with Crippen molar-refractivity contribution < 1.29 is 13.2 Å². The van der Waals surface area contributed by atoms with E-state index in [1.165, 1.54) is 17.0 Å². The maximum atomic E-state index is 12.4. The van der Waals surface area contributed by atoms with Gasteiger partial charge >= 0.3 is 0 Å². The van der Waals surface area contributed by atoms with Crippen LogP contribution in [-0.4, -0.2) is 59.7 Å². The summed E-state index contributed by atoms with van der Waals surface area (Å²) in [5.74, 6) is 0.862. The number of benzene rings is 1. The van der Waals surface area contributed by atoms with Crippen LogP contribution in [0.25, 0.3) is 0 Å². The molecule has 0 amide bonds. The lowest BCUT2D eigenvalue weighted by Crippen LogP contribution is -2.48. The van der Waals surface area contributed by atoms with Crippen molar-refractivity contribution in [3.63, 3.8) is 0 Å². The Bertz CT molecular complexity index is 826. The maximum Gasteiger partial charge on any atom is 0.250 e. The third kappa shape index (κ3) is 5.22. The van der Waals surface area contributed by atoms with E-state index in [1.807, 2.05) is 25.1 Å². The predicted molar refractivity (Wildman–Crippen MR) is 111 cm³/mol. The fourth-order valence-corrected chi connectivity index (χ4v) is 5.49. The van der Waals surface area contributed by atoms with Gasteiger partial charge in [-0.05, 0) is 42.8 Å². The quantitative estimate of drug-likeness (QED) is 0.726. The highest BCUT2D eigenvalue weighted by atomic mass is 32.2. The zero-order valence-corrected chi connectivity index (χ0v) is 17.5. The first kappa shape index (κ1) is 20.1. The van der Waals surface area contributed by atoms with E-state index in [0.717, 1.165) is 49.8 Å². The second-order valence-electron chi connectivity index (χ2n) is 6.50. The summed E-state index contributed by atoms with van der Waals surface area (Å²) in [5, 5.41) is 0. The van der Waals surface area contributed by atoms with Crippen LogP contribution >= 0.6 is 11.3 Å². The molecule has 0 atom stereocenters. The maximum absolute atomic E-state index is 12.4. The second kappa shape index (κ2) is 9.05. The number of hydrogen-bond acceptors (Lipinski definition) is 6. The number of aryl methyl sites for hydroxylation is 1. The van der Waals surface area contributed by atoms with Crippen LogP contribution in [0.1, 0.15) is 11.8 Å². The first-order chi connectivity index (χ1) is 13.0. The van der Waals surface area contributed by atoms with Gasteiger partial charge in [0.15, 0.2) is 0 Å². The van der Waals surface area contributed by atoms with Crippen LogP contribution < -0.4 is 14.4 Å². The van der Waals surface area contributed by atoms with Crippen molar-refractivity contribution in [3.8, 4) is 5.75 Å². The van der Waals surface area contributed by atoms with Crippen molar-refractivity contribution in [1.29, 1.82) is 0 Å². The average molecular weight is 410 g/mol. The Morgan fingerprint density at radius 3 is 2.37 bits per heavy atom. The summed E-state index contributed by atoms with van der Waals surface area (Å²) in [6.07, 6.45) is 0.860. The first-order valence-corrected chi connectivity index (χ1v) is 11.5. The molecule has 0 saturated carbocycles. The molecule has 2 aromatic rings. The summed E-state index contributed by atoms with van der Waals surface area (Å²) in [6, 6.07) is 11.7. The summed E-state index contributed by atoms with van der Waals surface area (Å²) in [5.41, 5.74) is 1.19. The number of rotatable bonds is 8. The van der Waals surface area contributed by atoms with Crippen molar-refractivity contribution in [1.82, 2.24) is 9.62 Å². The summed E-state index contributed by atoms with van der Waals surface area (Å²) >= 11 is 1.35. The van der Waals surface area contributed by atoms with E-state index in [-0.39, 0.29) is 0 Å². The van der Waals surface area contributed by atoms with Gasteiger partial charge in [0.1, 0.15) is 9.96 Å². The van der Waals surface area contributed by atoms with Crippen LogP contribution in [0.5, 0.6) is 5.75 Å². The van der Waals surface area contributed by atoms with Gasteiger partial charge in [-0.3, -0.25) is 4.90 Å². The van der Waals surface area contributed by atoms with Gasteiger partial charge in [0.2, 0.25) is 10.0 Å². The van der Waals surface area contributed by atoms with Crippen molar-refractivity contribution in [2.75, 3.05) is 51.3 Å². The summed E-state index contributed by atoms with van der Waals surface area (Å²) in [4.78, 5) is 5.73. The highest BCUT2D eigenvalue weighted by Gasteiger charge is 2.19. The standard InChI is InChI=1S/C19H27N3O3S2/c1-3-18-8-9-19(26-18)27(23,24)20-10-11-21-12-14-22(15-13-21)16-4-6-17(25-2)7-5-16/h4-9,20H,3,10-15H2,1-2H3. The number of methoxy groups -OCH3 is 1. The minimum Gasteiger partial charge on any atom is -0.497 e. The van der Waals surface area contributed by atoms with Gasteiger partial charge in [0.05, 0.1) is 7.11 Å². The van der Waals surface area contributed by atoms with Crippen molar-refractivity contribution in [2.45, 2.75) is 17.6 Å². The Balaban J connectivity index is 1.44. The summed E-state index contributed by atoms with van der Waals surface area (Å²) < 4.78 is 33.0. The number of piperazine rings is 1. The van der Waals surface area contributed by atoms with Crippen LogP contribution in [0.2, 0.25) is 0 Å². The van der Waals surface area contributed by atoms with Gasteiger partial charge in [-0.1, -0.05) is 6.92 Å². The fraction of sp³-hybridized carbons (Fsp3) is 0.474. The van der Waals surface area contributed by atoms with E-state index in [2.05, 4.69) is 26.7 Å². The van der Waals surface area contributed by atoms with Gasteiger partial charge in [-0.2, -0.15) is 0 Å². The molecule has 148 valence electrons. The number of nitrogens with zero attached hydrogens (tertiary/aromatic N) is 2. The lowest BCUT2D eigenvalue weighted by atomic mass is 10.2. The molecule has 1 saturated heterocycles. The number of ether oxygens (including phenoxy) is 1. The molecule has 0 unspecified atom stereocenters. The molecule has 1 aromatic heterocycles. The van der Waals surface area contributed by atoms with Crippen molar-refractivity contribution in [2.24, 2.45) is 0 Å². The van der Waals surface area contributed by atoms with Gasteiger partial charge in [0, 0.05) is 49.8 Å². The normalized spacial score (nSPS) is 15.9. The second-order valence-corrected chi connectivity index (χ2v) is 9.66. The molecule has 1 aliphatic heterocycles. The van der Waals surface area contributed by atoms with Crippen LogP contribution in [0.4, 0.5) is 5.69 Å². The Labute approximate surface area is 165 Å². The van der Waals surface area contributed by atoms with Crippen molar-refractivity contribution in [3.05, 3.63) is 41.3 Å². The molecule has 0 bridgehead atoms. The van der Waals surface area contributed by atoms with E-state index in [1.54, 1.807) is 13.2 Å². The van der Waals surface area contributed by atoms with E-state index >= 15 is 0 Å². The molecule has 0 radical (unpaired) electrons. The molecule has 1 aliphatic rings. The Morgan fingerprint density at radius 2 is 1.78 bits per heavy atom. The molecule has 2 heterocycles. The Morgan fingerprint density at radius 1 is 1.07 bits per heavy atom. The first-order valence-electron chi connectivity index (χ1n) is 9.21. The number of hydrogen-bond donors (Lipinski definition) is 1. The molecule has 3 rings (SSSR count). The largest absolute Gasteiger partial charge is 0.497 e. The Kier molecular flexibility index (Phi) is 6.75. The van der Waals surface area contributed by atoms with Crippen LogP contribution in [0.15, 0.2) is 40.6 Å². The minimum atomic E-state index is -3.39. The number of thiophene rings is 1. The molecule has 8 heteroatoms. The zero-order valence-electron chi connectivity index (χ0n) is 15.8. The molecule has 6 nitrogen and oxygen atoms in total. The minimum absolute atomic E-state index is 0.406. The Hall–Kier alpha value is -1.61. The number of anilines is 1. The van der Waals surface area contributed by atoms with E-state index in [0.29, 0.717) is 10.8 Å². The summed E-state index contributed by atoms with van der Waals surface area (Å²) in [6.45, 7) is 6.90. The highest BCUT2D eigenvalue weighted by Crippen LogP contribution is 2.22. The molecule has 1 fully saturated rings. The highest BCUT2D eigenvalue weighted by molar-refractivity contribution is 7.91. The van der Waals surface area contributed by atoms with Crippen molar-refractivity contribution >= 4 is 27.0 Å². The van der Waals surface area contributed by atoms with Gasteiger partial charge in [0.25, 0.3) is 0 Å². The van der Waals surface area contributed by atoms with E-state index in [9.17, 15) is 8.42 Å². The average Bonchev–Trinajstić information content (AvgIpc) is 3.19. The monoisotopic (exact) mass is 409 g/mol. The molecular formula is C19H27N3O3S2. The molecular weight excluding hydrogens is 382 g/mol. The molecule has 1 N–H and O–H groups in total. The van der Waals surface area contributed by atoms with Gasteiger partial charge < -0.3 is 9.64 Å². The molecule has 0 aliphatic carbocycles. The predicted octanol–water partition coefficient (Wildman–Crippen LogP) is 2.42. The summed E-state index contributed by atoms with van der Waals surface area (Å²) in [7, 11) is -1.72. The number of nitrogens with one attached hydrogen (secondary N) is 1. The zero-order chi connectivity index (χ0) is 19.3. The topological polar surface area (TPSA) is 61.9 Å². The van der Waals surface area contributed by atoms with Crippen LogP contribution in [-0.2, 0) is 16.4 Å². The smallest absolute Gasteiger partial charge is 0.250 e. The van der Waals surface area contributed by atoms with E-state index < -0.39 is 10.0 Å². The molecule has 1 aromatic carbocycles. The SMILES string of the molecule is CCc1ccc(S(=O)(=O)NCCN2CCN(c3ccc(OC)cc3)CC2)s1. The van der Waals surface area contributed by atoms with Crippen LogP contribution in [0, 0.1) is 0 Å². The third-order valence-electron chi connectivity index (χ3n) is 4.78. The number of sulfonamides is 1. The molecule has 0 spiro atoms. The lowest BCUT2D eigenvalue weighted by molar-refractivity contribution is 0.262. The molecule has 27 heavy (non-hydrogen) atoms.